The highest BCUT2D eigenvalue weighted by Gasteiger charge is 2.35. The van der Waals surface area contributed by atoms with E-state index in [9.17, 15) is 4.79 Å². The van der Waals surface area contributed by atoms with Crippen LogP contribution in [0.25, 0.3) is 0 Å². The van der Waals surface area contributed by atoms with Crippen LogP contribution in [-0.2, 0) is 11.8 Å². The molecule has 4 rings (SSSR count). The molecule has 0 unspecified atom stereocenters. The van der Waals surface area contributed by atoms with Gasteiger partial charge in [-0.3, -0.25) is 9.69 Å². The lowest BCUT2D eigenvalue weighted by molar-refractivity contribution is -0.128. The minimum atomic E-state index is 0.239. The summed E-state index contributed by atoms with van der Waals surface area (Å²) < 4.78 is 1.85. The summed E-state index contributed by atoms with van der Waals surface area (Å²) in [5.41, 5.74) is 0. The molecular weight excluding hydrogens is 298 g/mol. The number of nitrogens with zero attached hydrogens (tertiary/aromatic N) is 5. The molecule has 4 heterocycles. The number of fused-ring (bicyclic) bond motifs is 4. The number of piperidine rings is 1. The monoisotopic (exact) mass is 323 g/mol. The summed E-state index contributed by atoms with van der Waals surface area (Å²) in [6, 6.07) is 0.558. The lowest BCUT2D eigenvalue weighted by Gasteiger charge is -2.35. The normalized spacial score (nSPS) is 25.5. The van der Waals surface area contributed by atoms with Crippen LogP contribution in [0.15, 0.2) is 11.5 Å². The molecule has 6 nitrogen and oxygen atoms in total. The summed E-state index contributed by atoms with van der Waals surface area (Å²) in [4.78, 5) is 17.2. The zero-order valence-electron chi connectivity index (χ0n) is 13.4. The van der Waals surface area contributed by atoms with E-state index in [1.807, 2.05) is 11.6 Å². The Hall–Kier alpha value is -1.08. The molecule has 0 aliphatic carbocycles. The Kier molecular flexibility index (Phi) is 5.03. The van der Waals surface area contributed by atoms with E-state index >= 15 is 0 Å². The number of thioether (sulfide) groups is 1. The second-order valence-corrected chi connectivity index (χ2v) is 7.35. The van der Waals surface area contributed by atoms with Crippen LogP contribution >= 0.6 is 11.8 Å². The summed E-state index contributed by atoms with van der Waals surface area (Å²) in [6.45, 7) is 6.39. The predicted molar refractivity (Wildman–Crippen MR) is 86.7 cm³/mol. The summed E-state index contributed by atoms with van der Waals surface area (Å²) in [7, 11) is 1.90. The molecule has 7 heteroatoms. The van der Waals surface area contributed by atoms with Crippen molar-refractivity contribution in [2.45, 2.75) is 37.4 Å². The molecule has 3 saturated heterocycles. The van der Waals surface area contributed by atoms with Crippen LogP contribution < -0.4 is 0 Å². The zero-order valence-corrected chi connectivity index (χ0v) is 14.3. The molecule has 0 saturated carbocycles. The molecular formula is C15H25N5OS. The van der Waals surface area contributed by atoms with E-state index in [0.717, 1.165) is 24.8 Å². The van der Waals surface area contributed by atoms with Gasteiger partial charge in [0, 0.05) is 32.7 Å². The van der Waals surface area contributed by atoms with Gasteiger partial charge >= 0.3 is 0 Å². The maximum atomic E-state index is 12.6. The Balaban J connectivity index is 1.58. The van der Waals surface area contributed by atoms with Crippen LogP contribution in [0.2, 0.25) is 0 Å². The van der Waals surface area contributed by atoms with Gasteiger partial charge in [0.2, 0.25) is 5.91 Å². The Labute approximate surface area is 136 Å². The highest BCUT2D eigenvalue weighted by molar-refractivity contribution is 7.99. The van der Waals surface area contributed by atoms with Gasteiger partial charge in [-0.1, -0.05) is 18.7 Å². The van der Waals surface area contributed by atoms with E-state index in [2.05, 4.69) is 26.9 Å². The van der Waals surface area contributed by atoms with Crippen molar-refractivity contribution < 1.29 is 4.79 Å². The van der Waals surface area contributed by atoms with Gasteiger partial charge in [0.05, 0.1) is 5.75 Å². The van der Waals surface area contributed by atoms with Gasteiger partial charge in [-0.2, -0.15) is 0 Å². The van der Waals surface area contributed by atoms with Crippen LogP contribution in [0, 0.1) is 5.92 Å². The van der Waals surface area contributed by atoms with E-state index in [-0.39, 0.29) is 5.91 Å². The first-order chi connectivity index (χ1) is 10.7. The SMILES string of the molecule is CCCN1C[C@H]2CC[C@@H]1CN(C(=O)CSc1nncn1C)C2. The largest absolute Gasteiger partial charge is 0.340 e. The number of amides is 1. The van der Waals surface area contributed by atoms with Crippen LogP contribution in [0.4, 0.5) is 0 Å². The maximum absolute atomic E-state index is 12.6. The Morgan fingerprint density at radius 3 is 2.95 bits per heavy atom. The van der Waals surface area contributed by atoms with Crippen molar-refractivity contribution in [3.63, 3.8) is 0 Å². The quantitative estimate of drug-likeness (QED) is 0.763. The number of rotatable bonds is 5. The van der Waals surface area contributed by atoms with Crippen molar-refractivity contribution in [2.24, 2.45) is 13.0 Å². The number of aromatic nitrogens is 3. The first-order valence-corrected chi connectivity index (χ1v) is 9.14. The number of aryl methyl sites for hydroxylation is 1. The van der Waals surface area contributed by atoms with Crippen molar-refractivity contribution in [1.82, 2.24) is 24.6 Å². The first-order valence-electron chi connectivity index (χ1n) is 8.16. The highest BCUT2D eigenvalue weighted by atomic mass is 32.2. The molecule has 1 amide bonds. The molecule has 122 valence electrons. The topological polar surface area (TPSA) is 54.3 Å². The van der Waals surface area contributed by atoms with E-state index in [1.54, 1.807) is 6.33 Å². The minimum Gasteiger partial charge on any atom is -0.340 e. The average Bonchev–Trinajstić information content (AvgIpc) is 2.73. The van der Waals surface area contributed by atoms with Crippen molar-refractivity contribution in [3.05, 3.63) is 6.33 Å². The van der Waals surface area contributed by atoms with Gasteiger partial charge in [-0.25, -0.2) is 0 Å². The second-order valence-electron chi connectivity index (χ2n) is 6.40. The summed E-state index contributed by atoms with van der Waals surface area (Å²) in [5.74, 6) is 1.34. The summed E-state index contributed by atoms with van der Waals surface area (Å²) >= 11 is 1.48. The van der Waals surface area contributed by atoms with Crippen LogP contribution in [-0.4, -0.2) is 68.4 Å². The predicted octanol–water partition coefficient (Wildman–Crippen LogP) is 1.24. The van der Waals surface area contributed by atoms with Crippen molar-refractivity contribution in [2.75, 3.05) is 31.9 Å². The molecule has 3 aliphatic rings. The molecule has 2 atom stereocenters. The third-order valence-electron chi connectivity index (χ3n) is 4.69. The molecule has 1 aromatic heterocycles. The Morgan fingerprint density at radius 2 is 2.23 bits per heavy atom. The van der Waals surface area contributed by atoms with E-state index in [4.69, 9.17) is 0 Å². The fourth-order valence-electron chi connectivity index (χ4n) is 3.56. The lowest BCUT2D eigenvalue weighted by atomic mass is 9.95. The smallest absolute Gasteiger partial charge is 0.233 e. The minimum absolute atomic E-state index is 0.239. The Bertz CT molecular complexity index is 520. The first kappa shape index (κ1) is 15.8. The van der Waals surface area contributed by atoms with E-state index < -0.39 is 0 Å². The maximum Gasteiger partial charge on any atom is 0.233 e. The molecule has 2 bridgehead atoms. The van der Waals surface area contributed by atoms with Crippen molar-refractivity contribution >= 4 is 17.7 Å². The van der Waals surface area contributed by atoms with Crippen molar-refractivity contribution in [3.8, 4) is 0 Å². The number of hydrogen-bond donors (Lipinski definition) is 0. The third-order valence-corrected chi connectivity index (χ3v) is 5.70. The van der Waals surface area contributed by atoms with Crippen LogP contribution in [0.5, 0.6) is 0 Å². The molecule has 0 spiro atoms. The van der Waals surface area contributed by atoms with Crippen LogP contribution in [0.3, 0.4) is 0 Å². The molecule has 3 aliphatic heterocycles. The second kappa shape index (κ2) is 7.00. The molecule has 0 aromatic carbocycles. The molecule has 0 radical (unpaired) electrons. The molecule has 0 N–H and O–H groups in total. The number of carbonyl (C=O) groups excluding carboxylic acids is 1. The fraction of sp³-hybridized carbons (Fsp3) is 0.800. The number of carbonyl (C=O) groups is 1. The highest BCUT2D eigenvalue weighted by Crippen LogP contribution is 2.28. The van der Waals surface area contributed by atoms with Gasteiger partial charge in [-0.05, 0) is 31.7 Å². The lowest BCUT2D eigenvalue weighted by Crippen LogP contribution is -2.44. The Morgan fingerprint density at radius 1 is 1.36 bits per heavy atom. The average molecular weight is 323 g/mol. The third kappa shape index (κ3) is 3.46. The summed E-state index contributed by atoms with van der Waals surface area (Å²) in [6.07, 6.45) is 5.37. The zero-order chi connectivity index (χ0) is 15.5. The van der Waals surface area contributed by atoms with E-state index in [0.29, 0.717) is 17.7 Å². The van der Waals surface area contributed by atoms with Gasteiger partial charge in [0.15, 0.2) is 5.16 Å². The van der Waals surface area contributed by atoms with Gasteiger partial charge in [0.1, 0.15) is 6.33 Å². The fourth-order valence-corrected chi connectivity index (χ4v) is 4.36. The standard InChI is InChI=1S/C15H25N5OS/c1-3-6-19-7-12-4-5-13(19)9-20(8-12)14(21)10-22-15-17-16-11-18(15)2/h11-13H,3-10H2,1-2H3/t12-,13-/m1/s1. The van der Waals surface area contributed by atoms with Crippen LogP contribution in [0.1, 0.15) is 26.2 Å². The van der Waals surface area contributed by atoms with Gasteiger partial charge in [0.25, 0.3) is 0 Å². The summed E-state index contributed by atoms with van der Waals surface area (Å²) in [5, 5.41) is 8.68. The van der Waals surface area contributed by atoms with Crippen molar-refractivity contribution in [1.29, 1.82) is 0 Å². The van der Waals surface area contributed by atoms with Gasteiger partial charge < -0.3 is 9.47 Å². The number of hydrogen-bond acceptors (Lipinski definition) is 5. The molecule has 22 heavy (non-hydrogen) atoms. The molecule has 1 aromatic rings. The molecule has 3 fully saturated rings. The van der Waals surface area contributed by atoms with Gasteiger partial charge in [-0.15, -0.1) is 10.2 Å². The van der Waals surface area contributed by atoms with E-state index in [1.165, 1.54) is 37.6 Å².